The zero-order chi connectivity index (χ0) is 19.6. The largest absolute Gasteiger partial charge is 0.463 e. The number of hydrogen-bond acceptors (Lipinski definition) is 4. The number of nitrogens with one attached hydrogen (secondary N) is 1. The Morgan fingerprint density at radius 2 is 1.66 bits per heavy atom. The summed E-state index contributed by atoms with van der Waals surface area (Å²) in [6.45, 7) is 0.400. The van der Waals surface area contributed by atoms with Gasteiger partial charge in [0.2, 0.25) is 5.91 Å². The molecular formula is C24H18N2O3. The number of para-hydroxylation sites is 2. The molecule has 0 atom stereocenters. The van der Waals surface area contributed by atoms with E-state index in [2.05, 4.69) is 10.3 Å². The number of amides is 1. The average Bonchev–Trinajstić information content (AvgIpc) is 3.31. The molecule has 142 valence electrons. The molecule has 3 heterocycles. The monoisotopic (exact) mass is 382 g/mol. The van der Waals surface area contributed by atoms with Gasteiger partial charge in [-0.05, 0) is 42.0 Å². The van der Waals surface area contributed by atoms with Crippen LogP contribution in [-0.2, 0) is 11.3 Å². The standard InChI is InChI=1S/C24H18N2O3/c27-24(26-15-16-11-12-25-19(14-16)22-10-5-13-28-22)23-17-6-1-3-8-20(17)29-21-9-4-2-7-18(21)23/h1-14,23H,15H2,(H,26,27). The second-order valence-corrected chi connectivity index (χ2v) is 6.86. The molecule has 29 heavy (non-hydrogen) atoms. The van der Waals surface area contributed by atoms with Crippen LogP contribution in [0.4, 0.5) is 0 Å². The maximum atomic E-state index is 13.2. The minimum absolute atomic E-state index is 0.0652. The van der Waals surface area contributed by atoms with Gasteiger partial charge in [-0.2, -0.15) is 0 Å². The number of nitrogens with zero attached hydrogens (tertiary/aromatic N) is 1. The molecule has 0 fully saturated rings. The molecule has 5 nitrogen and oxygen atoms in total. The number of aromatic nitrogens is 1. The van der Waals surface area contributed by atoms with Crippen LogP contribution in [0.5, 0.6) is 11.5 Å². The van der Waals surface area contributed by atoms with Crippen LogP contribution >= 0.6 is 0 Å². The van der Waals surface area contributed by atoms with Crippen molar-refractivity contribution < 1.29 is 13.9 Å². The van der Waals surface area contributed by atoms with Crippen molar-refractivity contribution in [3.05, 3.63) is 102 Å². The van der Waals surface area contributed by atoms with E-state index in [0.29, 0.717) is 12.3 Å². The Morgan fingerprint density at radius 3 is 2.34 bits per heavy atom. The van der Waals surface area contributed by atoms with Crippen LogP contribution in [-0.4, -0.2) is 10.9 Å². The average molecular weight is 382 g/mol. The lowest BCUT2D eigenvalue weighted by molar-refractivity contribution is -0.122. The summed E-state index contributed by atoms with van der Waals surface area (Å²) in [6.07, 6.45) is 3.34. The van der Waals surface area contributed by atoms with Gasteiger partial charge in [-0.15, -0.1) is 0 Å². The number of furan rings is 1. The molecule has 4 aromatic rings. The van der Waals surface area contributed by atoms with Crippen LogP contribution in [0.1, 0.15) is 22.6 Å². The quantitative estimate of drug-likeness (QED) is 0.545. The van der Waals surface area contributed by atoms with Crippen LogP contribution in [0.2, 0.25) is 0 Å². The third-order valence-electron chi connectivity index (χ3n) is 5.01. The van der Waals surface area contributed by atoms with Gasteiger partial charge < -0.3 is 14.5 Å². The van der Waals surface area contributed by atoms with Crippen molar-refractivity contribution in [3.8, 4) is 23.0 Å². The zero-order valence-electron chi connectivity index (χ0n) is 15.5. The fourth-order valence-electron chi connectivity index (χ4n) is 3.63. The maximum Gasteiger partial charge on any atom is 0.232 e. The molecule has 0 radical (unpaired) electrons. The van der Waals surface area contributed by atoms with Crippen molar-refractivity contribution in [2.24, 2.45) is 0 Å². The van der Waals surface area contributed by atoms with E-state index < -0.39 is 5.92 Å². The first kappa shape index (κ1) is 17.3. The van der Waals surface area contributed by atoms with E-state index >= 15 is 0 Å². The molecule has 2 aromatic heterocycles. The Balaban J connectivity index is 1.40. The highest BCUT2D eigenvalue weighted by Gasteiger charge is 2.32. The topological polar surface area (TPSA) is 64.4 Å². The summed E-state index contributed by atoms with van der Waals surface area (Å²) in [5, 5.41) is 3.07. The van der Waals surface area contributed by atoms with Gasteiger partial charge in [-0.25, -0.2) is 0 Å². The minimum atomic E-state index is -0.414. The van der Waals surface area contributed by atoms with Crippen LogP contribution in [0.3, 0.4) is 0 Å². The SMILES string of the molecule is O=C(NCc1ccnc(-c2ccco2)c1)C1c2ccccc2Oc2ccccc21. The van der Waals surface area contributed by atoms with Crippen LogP contribution in [0.25, 0.3) is 11.5 Å². The second kappa shape index (κ2) is 7.28. The van der Waals surface area contributed by atoms with Crippen molar-refractivity contribution in [2.75, 3.05) is 0 Å². The highest BCUT2D eigenvalue weighted by Crippen LogP contribution is 2.43. The van der Waals surface area contributed by atoms with Crippen LogP contribution in [0, 0.1) is 0 Å². The number of rotatable bonds is 4. The molecule has 1 amide bonds. The van der Waals surface area contributed by atoms with Gasteiger partial charge >= 0.3 is 0 Å². The summed E-state index contributed by atoms with van der Waals surface area (Å²) in [5.41, 5.74) is 3.43. The fraction of sp³-hybridized carbons (Fsp3) is 0.0833. The lowest BCUT2D eigenvalue weighted by Gasteiger charge is -2.27. The van der Waals surface area contributed by atoms with E-state index in [4.69, 9.17) is 9.15 Å². The van der Waals surface area contributed by atoms with Crippen molar-refractivity contribution in [2.45, 2.75) is 12.5 Å². The molecule has 1 aliphatic rings. The molecule has 1 aliphatic heterocycles. The van der Waals surface area contributed by atoms with Crippen LogP contribution in [0.15, 0.2) is 89.7 Å². The number of pyridine rings is 1. The van der Waals surface area contributed by atoms with Gasteiger partial charge in [0.25, 0.3) is 0 Å². The summed E-state index contributed by atoms with van der Waals surface area (Å²) in [7, 11) is 0. The maximum absolute atomic E-state index is 13.2. The van der Waals surface area contributed by atoms with E-state index in [1.54, 1.807) is 12.5 Å². The normalized spacial score (nSPS) is 12.6. The molecule has 0 saturated carbocycles. The van der Waals surface area contributed by atoms with Crippen molar-refractivity contribution in [3.63, 3.8) is 0 Å². The van der Waals surface area contributed by atoms with Gasteiger partial charge in [-0.3, -0.25) is 9.78 Å². The summed E-state index contributed by atoms with van der Waals surface area (Å²) in [4.78, 5) is 17.5. The zero-order valence-corrected chi connectivity index (χ0v) is 15.5. The lowest BCUT2D eigenvalue weighted by atomic mass is 9.87. The molecule has 0 unspecified atom stereocenters. The smallest absolute Gasteiger partial charge is 0.232 e. The molecule has 0 aliphatic carbocycles. The Hall–Kier alpha value is -3.86. The molecule has 5 rings (SSSR count). The third-order valence-corrected chi connectivity index (χ3v) is 5.01. The molecule has 5 heteroatoms. The number of carbonyl (C=O) groups is 1. The van der Waals surface area contributed by atoms with Crippen molar-refractivity contribution >= 4 is 5.91 Å². The molecule has 0 bridgehead atoms. The minimum Gasteiger partial charge on any atom is -0.463 e. The second-order valence-electron chi connectivity index (χ2n) is 6.86. The number of carbonyl (C=O) groups excluding carboxylic acids is 1. The summed E-state index contributed by atoms with van der Waals surface area (Å²) in [5.74, 6) is 1.66. The first-order valence-corrected chi connectivity index (χ1v) is 9.42. The van der Waals surface area contributed by atoms with E-state index in [9.17, 15) is 4.79 Å². The van der Waals surface area contributed by atoms with E-state index in [1.165, 1.54) is 0 Å². The molecule has 1 N–H and O–H groups in total. The predicted molar refractivity (Wildman–Crippen MR) is 109 cm³/mol. The molecular weight excluding hydrogens is 364 g/mol. The molecule has 2 aromatic carbocycles. The summed E-state index contributed by atoms with van der Waals surface area (Å²) >= 11 is 0. The Morgan fingerprint density at radius 1 is 0.931 bits per heavy atom. The van der Waals surface area contributed by atoms with Gasteiger partial charge in [-0.1, -0.05) is 36.4 Å². The highest BCUT2D eigenvalue weighted by atomic mass is 16.5. The van der Waals surface area contributed by atoms with Gasteiger partial charge in [0.15, 0.2) is 5.76 Å². The van der Waals surface area contributed by atoms with Gasteiger partial charge in [0.1, 0.15) is 17.2 Å². The predicted octanol–water partition coefficient (Wildman–Crippen LogP) is 4.90. The molecule has 0 spiro atoms. The lowest BCUT2D eigenvalue weighted by Crippen LogP contribution is -2.31. The number of benzene rings is 2. The summed E-state index contributed by atoms with van der Waals surface area (Å²) < 4.78 is 11.4. The van der Waals surface area contributed by atoms with Gasteiger partial charge in [0.05, 0.1) is 12.2 Å². The Kier molecular flexibility index (Phi) is 4.33. The van der Waals surface area contributed by atoms with E-state index in [-0.39, 0.29) is 5.91 Å². The van der Waals surface area contributed by atoms with Crippen molar-refractivity contribution in [1.82, 2.24) is 10.3 Å². The fourth-order valence-corrected chi connectivity index (χ4v) is 3.63. The highest BCUT2D eigenvalue weighted by molar-refractivity contribution is 5.89. The van der Waals surface area contributed by atoms with Crippen molar-refractivity contribution in [1.29, 1.82) is 0 Å². The van der Waals surface area contributed by atoms with Crippen LogP contribution < -0.4 is 10.1 Å². The van der Waals surface area contributed by atoms with E-state index in [0.717, 1.165) is 33.9 Å². The Bertz CT molecular complexity index is 1120. The number of fused-ring (bicyclic) bond motifs is 2. The molecule has 0 saturated heterocycles. The first-order chi connectivity index (χ1) is 14.3. The Labute approximate surface area is 168 Å². The van der Waals surface area contributed by atoms with E-state index in [1.807, 2.05) is 72.8 Å². The number of ether oxygens (including phenoxy) is 1. The first-order valence-electron chi connectivity index (χ1n) is 9.42. The summed E-state index contributed by atoms with van der Waals surface area (Å²) in [6, 6.07) is 22.8. The van der Waals surface area contributed by atoms with Gasteiger partial charge in [0, 0.05) is 23.9 Å². The third kappa shape index (κ3) is 3.27. The number of hydrogen-bond donors (Lipinski definition) is 1.